The van der Waals surface area contributed by atoms with Crippen molar-refractivity contribution in [2.75, 3.05) is 11.9 Å². The highest BCUT2D eigenvalue weighted by Crippen LogP contribution is 2.49. The SMILES string of the molecule is O=C(CCn1cnnc1)N1CC[C@@]2(C(=O)Nc3ccccc32)[C@@H]1CCc1ccccc1. The number of aromatic nitrogens is 3. The van der Waals surface area contributed by atoms with Crippen molar-refractivity contribution in [2.24, 2.45) is 0 Å². The van der Waals surface area contributed by atoms with Gasteiger partial charge in [0.05, 0.1) is 11.5 Å². The molecule has 1 spiro atoms. The fourth-order valence-electron chi connectivity index (χ4n) is 5.16. The quantitative estimate of drug-likeness (QED) is 0.671. The van der Waals surface area contributed by atoms with Gasteiger partial charge < -0.3 is 14.8 Å². The molecule has 1 saturated heterocycles. The molecule has 2 aliphatic heterocycles. The second kappa shape index (κ2) is 7.98. The van der Waals surface area contributed by atoms with E-state index in [1.807, 2.05) is 47.4 Å². The molecular weight excluding hydrogens is 390 g/mol. The van der Waals surface area contributed by atoms with Crippen LogP contribution in [0.3, 0.4) is 0 Å². The number of nitrogens with one attached hydrogen (secondary N) is 1. The molecule has 3 aromatic rings. The Morgan fingerprint density at radius 3 is 2.61 bits per heavy atom. The second-order valence-corrected chi connectivity index (χ2v) is 8.30. The molecule has 5 rings (SSSR count). The van der Waals surface area contributed by atoms with E-state index in [2.05, 4.69) is 27.6 Å². The molecule has 3 heterocycles. The maximum absolute atomic E-state index is 13.3. The van der Waals surface area contributed by atoms with E-state index in [1.54, 1.807) is 17.2 Å². The number of fused-ring (bicyclic) bond motifs is 2. The molecule has 1 aromatic heterocycles. The smallest absolute Gasteiger partial charge is 0.237 e. The largest absolute Gasteiger partial charge is 0.338 e. The lowest BCUT2D eigenvalue weighted by molar-refractivity contribution is -0.133. The maximum atomic E-state index is 13.3. The molecule has 0 bridgehead atoms. The maximum Gasteiger partial charge on any atom is 0.237 e. The van der Waals surface area contributed by atoms with Crippen LogP contribution in [0.4, 0.5) is 5.69 Å². The van der Waals surface area contributed by atoms with Gasteiger partial charge in [-0.25, -0.2) is 0 Å². The second-order valence-electron chi connectivity index (χ2n) is 8.30. The van der Waals surface area contributed by atoms with Gasteiger partial charge in [0.25, 0.3) is 0 Å². The van der Waals surface area contributed by atoms with Crippen LogP contribution in [0.15, 0.2) is 67.3 Å². The number of para-hydroxylation sites is 1. The third-order valence-corrected chi connectivity index (χ3v) is 6.67. The number of carbonyl (C=O) groups is 2. The monoisotopic (exact) mass is 415 g/mol. The van der Waals surface area contributed by atoms with Gasteiger partial charge >= 0.3 is 0 Å². The van der Waals surface area contributed by atoms with Crippen LogP contribution in [0.1, 0.15) is 30.4 Å². The molecule has 2 amide bonds. The van der Waals surface area contributed by atoms with Gasteiger partial charge in [-0.15, -0.1) is 10.2 Å². The van der Waals surface area contributed by atoms with E-state index < -0.39 is 5.41 Å². The minimum atomic E-state index is -0.683. The minimum absolute atomic E-state index is 0.0147. The Morgan fingerprint density at radius 2 is 1.81 bits per heavy atom. The average molecular weight is 415 g/mol. The Bertz CT molecular complexity index is 1080. The van der Waals surface area contributed by atoms with Crippen LogP contribution in [0.2, 0.25) is 0 Å². The van der Waals surface area contributed by atoms with Crippen LogP contribution >= 0.6 is 0 Å². The summed E-state index contributed by atoms with van der Waals surface area (Å²) in [6.45, 7) is 1.12. The van der Waals surface area contributed by atoms with E-state index in [-0.39, 0.29) is 17.9 Å². The summed E-state index contributed by atoms with van der Waals surface area (Å²) >= 11 is 0. The first-order valence-electron chi connectivity index (χ1n) is 10.8. The molecule has 1 N–H and O–H groups in total. The summed E-state index contributed by atoms with van der Waals surface area (Å²) in [6.07, 6.45) is 5.80. The zero-order valence-corrected chi connectivity index (χ0v) is 17.3. The van der Waals surface area contributed by atoms with Crippen molar-refractivity contribution in [3.8, 4) is 0 Å². The van der Waals surface area contributed by atoms with Crippen LogP contribution in [0, 0.1) is 0 Å². The van der Waals surface area contributed by atoms with Crippen LogP contribution in [-0.2, 0) is 28.0 Å². The fraction of sp³-hybridized carbons (Fsp3) is 0.333. The molecule has 158 valence electrons. The van der Waals surface area contributed by atoms with E-state index in [1.165, 1.54) is 5.56 Å². The third kappa shape index (κ3) is 3.40. The van der Waals surface area contributed by atoms with Crippen LogP contribution in [0.5, 0.6) is 0 Å². The zero-order chi connectivity index (χ0) is 21.3. The lowest BCUT2D eigenvalue weighted by atomic mass is 9.73. The fourth-order valence-corrected chi connectivity index (χ4v) is 5.16. The number of carbonyl (C=O) groups excluding carboxylic acids is 2. The number of hydrogen-bond donors (Lipinski definition) is 1. The number of anilines is 1. The molecule has 7 heteroatoms. The summed E-state index contributed by atoms with van der Waals surface area (Å²) in [5.41, 5.74) is 2.42. The van der Waals surface area contributed by atoms with Gasteiger partial charge in [0.1, 0.15) is 12.7 Å². The first kappa shape index (κ1) is 19.5. The summed E-state index contributed by atoms with van der Waals surface area (Å²) < 4.78 is 1.81. The highest BCUT2D eigenvalue weighted by molar-refractivity contribution is 6.07. The minimum Gasteiger partial charge on any atom is -0.338 e. The summed E-state index contributed by atoms with van der Waals surface area (Å²) in [4.78, 5) is 28.5. The van der Waals surface area contributed by atoms with Crippen molar-refractivity contribution in [1.82, 2.24) is 19.7 Å². The Kier molecular flexibility index (Phi) is 5.02. The van der Waals surface area contributed by atoms with Crippen molar-refractivity contribution in [3.63, 3.8) is 0 Å². The molecule has 0 radical (unpaired) electrons. The van der Waals surface area contributed by atoms with Crippen LogP contribution < -0.4 is 5.32 Å². The van der Waals surface area contributed by atoms with Gasteiger partial charge in [-0.3, -0.25) is 9.59 Å². The van der Waals surface area contributed by atoms with Gasteiger partial charge in [0.2, 0.25) is 11.8 Å². The van der Waals surface area contributed by atoms with Crippen molar-refractivity contribution >= 4 is 17.5 Å². The van der Waals surface area contributed by atoms with Crippen molar-refractivity contribution in [2.45, 2.75) is 43.7 Å². The molecule has 1 fully saturated rings. The van der Waals surface area contributed by atoms with Gasteiger partial charge in [-0.1, -0.05) is 48.5 Å². The number of rotatable bonds is 6. The molecule has 2 aliphatic rings. The molecule has 0 saturated carbocycles. The van der Waals surface area contributed by atoms with Crippen molar-refractivity contribution < 1.29 is 9.59 Å². The predicted molar refractivity (Wildman–Crippen MR) is 116 cm³/mol. The van der Waals surface area contributed by atoms with Gasteiger partial charge in [0.15, 0.2) is 0 Å². The van der Waals surface area contributed by atoms with Gasteiger partial charge in [-0.05, 0) is 36.5 Å². The zero-order valence-electron chi connectivity index (χ0n) is 17.3. The van der Waals surface area contributed by atoms with E-state index in [9.17, 15) is 9.59 Å². The van der Waals surface area contributed by atoms with Crippen LogP contribution in [0.25, 0.3) is 0 Å². The van der Waals surface area contributed by atoms with Crippen molar-refractivity contribution in [3.05, 3.63) is 78.4 Å². The molecular formula is C24H25N5O2. The van der Waals surface area contributed by atoms with E-state index >= 15 is 0 Å². The molecule has 7 nitrogen and oxygen atoms in total. The molecule has 2 atom stereocenters. The summed E-state index contributed by atoms with van der Waals surface area (Å²) in [6, 6.07) is 18.0. The molecule has 2 aromatic carbocycles. The standard InChI is InChI=1S/C24H25N5O2/c30-22(12-14-28-16-25-26-17-28)29-15-13-24(19-8-4-5-9-20(19)27-23(24)31)21(29)11-10-18-6-2-1-3-7-18/h1-9,16-17,21H,10-15H2,(H,27,31)/t21-,24-/m0/s1. The van der Waals surface area contributed by atoms with E-state index in [0.29, 0.717) is 25.9 Å². The number of aryl methyl sites for hydroxylation is 2. The van der Waals surface area contributed by atoms with Crippen LogP contribution in [-0.4, -0.2) is 44.1 Å². The number of nitrogens with zero attached hydrogens (tertiary/aromatic N) is 4. The number of likely N-dealkylation sites (tertiary alicyclic amines) is 1. The van der Waals surface area contributed by atoms with E-state index in [4.69, 9.17) is 0 Å². The Labute approximate surface area is 181 Å². The Morgan fingerprint density at radius 1 is 1.06 bits per heavy atom. The molecule has 0 unspecified atom stereocenters. The summed E-state index contributed by atoms with van der Waals surface area (Å²) in [5.74, 6) is 0.0849. The highest BCUT2D eigenvalue weighted by Gasteiger charge is 2.58. The first-order valence-corrected chi connectivity index (χ1v) is 10.8. The lowest BCUT2D eigenvalue weighted by Crippen LogP contribution is -2.49. The highest BCUT2D eigenvalue weighted by atomic mass is 16.2. The number of benzene rings is 2. The van der Waals surface area contributed by atoms with Gasteiger partial charge in [-0.2, -0.15) is 0 Å². The molecule has 31 heavy (non-hydrogen) atoms. The first-order chi connectivity index (χ1) is 15.2. The van der Waals surface area contributed by atoms with E-state index in [0.717, 1.165) is 24.1 Å². The number of hydrogen-bond acceptors (Lipinski definition) is 4. The Hall–Kier alpha value is -3.48. The normalized spacial score (nSPS) is 22.0. The lowest BCUT2D eigenvalue weighted by Gasteiger charge is -2.34. The third-order valence-electron chi connectivity index (χ3n) is 6.67. The van der Waals surface area contributed by atoms with Crippen molar-refractivity contribution in [1.29, 1.82) is 0 Å². The Balaban J connectivity index is 1.44. The molecule has 0 aliphatic carbocycles. The summed E-state index contributed by atoms with van der Waals surface area (Å²) in [7, 11) is 0. The van der Waals surface area contributed by atoms with Gasteiger partial charge in [0, 0.05) is 25.2 Å². The average Bonchev–Trinajstić information content (AvgIpc) is 3.51. The predicted octanol–water partition coefficient (Wildman–Crippen LogP) is 2.79. The summed E-state index contributed by atoms with van der Waals surface area (Å²) in [5, 5.41) is 10.7. The number of amides is 2. The topological polar surface area (TPSA) is 80.1 Å².